The van der Waals surface area contributed by atoms with Gasteiger partial charge in [-0.3, -0.25) is 0 Å². The van der Waals surface area contributed by atoms with Gasteiger partial charge in [-0.15, -0.1) is 0 Å². The molecule has 2 heterocycles. The molecule has 10 nitrogen and oxygen atoms in total. The normalized spacial score (nSPS) is 20.5. The summed E-state index contributed by atoms with van der Waals surface area (Å²) < 4.78 is 59.2. The van der Waals surface area contributed by atoms with Gasteiger partial charge in [0.15, 0.2) is 0 Å². The summed E-state index contributed by atoms with van der Waals surface area (Å²) in [6, 6.07) is 20.6. The van der Waals surface area contributed by atoms with Crippen LogP contribution in [0.3, 0.4) is 0 Å². The van der Waals surface area contributed by atoms with E-state index in [4.69, 9.17) is 23.7 Å². The predicted molar refractivity (Wildman–Crippen MR) is 181 cm³/mol. The average Bonchev–Trinajstić information content (AvgIpc) is 3.06. The Morgan fingerprint density at radius 1 is 0.957 bits per heavy atom. The highest BCUT2D eigenvalue weighted by atomic mass is 32.2. The predicted octanol–water partition coefficient (Wildman–Crippen LogP) is 4.77. The summed E-state index contributed by atoms with van der Waals surface area (Å²) in [6.45, 7) is 8.73. The maximum atomic E-state index is 14.0. The molecule has 0 amide bonds. The van der Waals surface area contributed by atoms with Crippen LogP contribution in [-0.4, -0.2) is 95.9 Å². The van der Waals surface area contributed by atoms with Crippen LogP contribution in [0.4, 0.5) is 5.69 Å². The van der Waals surface area contributed by atoms with E-state index in [1.54, 1.807) is 52.3 Å². The third-order valence-electron chi connectivity index (χ3n) is 8.60. The summed E-state index contributed by atoms with van der Waals surface area (Å²) in [5, 5.41) is 10.6. The van der Waals surface area contributed by atoms with Gasteiger partial charge in [0.05, 0.1) is 55.3 Å². The maximum Gasteiger partial charge on any atom is 0.243 e. The molecule has 0 unspecified atom stereocenters. The van der Waals surface area contributed by atoms with Crippen LogP contribution in [-0.2, 0) is 30.8 Å². The molecule has 0 bridgehead atoms. The van der Waals surface area contributed by atoms with E-state index in [9.17, 15) is 13.5 Å². The van der Waals surface area contributed by atoms with E-state index >= 15 is 0 Å². The van der Waals surface area contributed by atoms with Crippen molar-refractivity contribution in [3.63, 3.8) is 0 Å². The molecule has 1 N–H and O–H groups in total. The molecule has 2 aliphatic rings. The van der Waals surface area contributed by atoms with Crippen molar-refractivity contribution in [1.82, 2.24) is 4.31 Å². The number of piperidine rings is 1. The molecular weight excluding hydrogens is 620 g/mol. The molecule has 0 spiro atoms. The number of hydrogen-bond acceptors (Lipinski definition) is 9. The van der Waals surface area contributed by atoms with Crippen molar-refractivity contribution in [3.8, 4) is 11.5 Å². The smallest absolute Gasteiger partial charge is 0.243 e. The van der Waals surface area contributed by atoms with Crippen LogP contribution in [0, 0.1) is 6.92 Å². The Bertz CT molecular complexity index is 1560. The van der Waals surface area contributed by atoms with Crippen molar-refractivity contribution in [2.75, 3.05) is 65.1 Å². The topological polar surface area (TPSA) is 107 Å². The molecule has 0 aliphatic carbocycles. The summed E-state index contributed by atoms with van der Waals surface area (Å²) in [4.78, 5) is 2.52. The van der Waals surface area contributed by atoms with E-state index in [-0.39, 0.29) is 37.1 Å². The van der Waals surface area contributed by atoms with Crippen molar-refractivity contribution in [2.24, 2.45) is 0 Å². The van der Waals surface area contributed by atoms with Gasteiger partial charge in [-0.25, -0.2) is 8.42 Å². The van der Waals surface area contributed by atoms with E-state index in [1.165, 1.54) is 4.31 Å². The summed E-state index contributed by atoms with van der Waals surface area (Å²) in [5.41, 5.74) is 2.76. The molecule has 3 aromatic rings. The van der Waals surface area contributed by atoms with Gasteiger partial charge in [-0.1, -0.05) is 35.9 Å². The standard InChI is InChI=1S/C36H48N2O8S/c1-26-7-14-30(15-8-26)47(40,41)38-22-33(35(28-10-12-29(43-5)13-11-28)34(23-38)46-25-36(2,3)39)45-24-27-9-16-32-31(21-27)37(18-20-44-32)17-6-19-42-4/h7-16,21,33-35,39H,6,17-20,22-25H2,1-5H3/t33-,34+,35+/m0/s1. The first-order valence-electron chi connectivity index (χ1n) is 16.1. The fourth-order valence-electron chi connectivity index (χ4n) is 6.12. The SMILES string of the molecule is COCCCN1CCOc2ccc(CO[C@H]3CN(S(=O)(=O)c4ccc(C)cc4)C[C@@H](OCC(C)(C)O)[C@@H]3c3ccc(OC)cc3)cc21. The third kappa shape index (κ3) is 8.84. The van der Waals surface area contributed by atoms with Crippen molar-refractivity contribution in [1.29, 1.82) is 0 Å². The number of methoxy groups -OCH3 is 2. The van der Waals surface area contributed by atoms with E-state index in [2.05, 4.69) is 11.0 Å². The Balaban J connectivity index is 1.47. The number of aryl methyl sites for hydroxylation is 1. The number of sulfonamides is 1. The lowest BCUT2D eigenvalue weighted by atomic mass is 9.85. The van der Waals surface area contributed by atoms with Crippen molar-refractivity contribution in [3.05, 3.63) is 83.4 Å². The van der Waals surface area contributed by atoms with E-state index in [1.807, 2.05) is 43.3 Å². The molecule has 5 rings (SSSR count). The first-order valence-corrected chi connectivity index (χ1v) is 17.6. The Labute approximate surface area is 279 Å². The average molecular weight is 669 g/mol. The summed E-state index contributed by atoms with van der Waals surface area (Å²) in [7, 11) is -0.544. The third-order valence-corrected chi connectivity index (χ3v) is 10.4. The fraction of sp³-hybridized carbons (Fsp3) is 0.500. The first kappa shape index (κ1) is 35.1. The zero-order chi connectivity index (χ0) is 33.6. The molecule has 0 aromatic heterocycles. The number of hydrogen-bond donors (Lipinski definition) is 1. The Hall–Kier alpha value is -3.19. The highest BCUT2D eigenvalue weighted by molar-refractivity contribution is 7.89. The molecule has 2 aliphatic heterocycles. The molecule has 0 radical (unpaired) electrons. The van der Waals surface area contributed by atoms with E-state index in [0.717, 1.165) is 47.6 Å². The minimum atomic E-state index is -3.87. The van der Waals surface area contributed by atoms with Gasteiger partial charge in [0, 0.05) is 39.3 Å². The first-order chi connectivity index (χ1) is 22.5. The number of nitrogens with zero attached hydrogens (tertiary/aromatic N) is 2. The number of ether oxygens (including phenoxy) is 5. The second-order valence-electron chi connectivity index (χ2n) is 12.9. The summed E-state index contributed by atoms with van der Waals surface area (Å²) >= 11 is 0. The minimum absolute atomic E-state index is 0.0270. The lowest BCUT2D eigenvalue weighted by molar-refractivity contribution is -0.109. The lowest BCUT2D eigenvalue weighted by Gasteiger charge is -2.43. The molecule has 47 heavy (non-hydrogen) atoms. The quantitative estimate of drug-likeness (QED) is 0.243. The highest BCUT2D eigenvalue weighted by Crippen LogP contribution is 2.38. The highest BCUT2D eigenvalue weighted by Gasteiger charge is 2.44. The van der Waals surface area contributed by atoms with Gasteiger partial charge >= 0.3 is 0 Å². The minimum Gasteiger partial charge on any atom is -0.497 e. The van der Waals surface area contributed by atoms with Crippen LogP contribution < -0.4 is 14.4 Å². The Kier molecular flexibility index (Phi) is 11.5. The molecule has 0 saturated carbocycles. The van der Waals surface area contributed by atoms with Crippen molar-refractivity contribution >= 4 is 15.7 Å². The second-order valence-corrected chi connectivity index (χ2v) is 14.9. The van der Waals surface area contributed by atoms with E-state index in [0.29, 0.717) is 19.0 Å². The number of rotatable bonds is 14. The van der Waals surface area contributed by atoms with Gasteiger partial charge in [0.25, 0.3) is 0 Å². The summed E-state index contributed by atoms with van der Waals surface area (Å²) in [5.74, 6) is 1.23. The van der Waals surface area contributed by atoms with E-state index < -0.39 is 27.8 Å². The molecule has 1 saturated heterocycles. The van der Waals surface area contributed by atoms with Gasteiger partial charge < -0.3 is 33.7 Å². The largest absolute Gasteiger partial charge is 0.497 e. The van der Waals surface area contributed by atoms with Crippen LogP contribution in [0.1, 0.15) is 42.9 Å². The van der Waals surface area contributed by atoms with Gasteiger partial charge in [-0.2, -0.15) is 4.31 Å². The van der Waals surface area contributed by atoms with Crippen LogP contribution in [0.15, 0.2) is 71.6 Å². The fourth-order valence-corrected chi connectivity index (χ4v) is 7.59. The number of anilines is 1. The summed E-state index contributed by atoms with van der Waals surface area (Å²) in [6.07, 6.45) is -0.254. The molecular formula is C36H48N2O8S. The molecule has 256 valence electrons. The number of fused-ring (bicyclic) bond motifs is 1. The Morgan fingerprint density at radius 2 is 1.66 bits per heavy atom. The van der Waals surface area contributed by atoms with Crippen LogP contribution in [0.5, 0.6) is 11.5 Å². The molecule has 3 atom stereocenters. The van der Waals surface area contributed by atoms with Gasteiger partial charge in [0.1, 0.15) is 18.1 Å². The second kappa shape index (κ2) is 15.4. The zero-order valence-electron chi connectivity index (χ0n) is 28.1. The van der Waals surface area contributed by atoms with Crippen molar-refractivity contribution in [2.45, 2.75) is 62.4 Å². The Morgan fingerprint density at radius 3 is 2.32 bits per heavy atom. The zero-order valence-corrected chi connectivity index (χ0v) is 28.9. The number of benzene rings is 3. The van der Waals surface area contributed by atoms with Crippen LogP contribution in [0.25, 0.3) is 0 Å². The number of aliphatic hydroxyl groups is 1. The molecule has 11 heteroatoms. The van der Waals surface area contributed by atoms with Gasteiger partial charge in [0.2, 0.25) is 10.0 Å². The van der Waals surface area contributed by atoms with Crippen LogP contribution in [0.2, 0.25) is 0 Å². The van der Waals surface area contributed by atoms with Crippen molar-refractivity contribution < 1.29 is 37.2 Å². The van der Waals surface area contributed by atoms with Gasteiger partial charge in [-0.05, 0) is 74.7 Å². The molecule has 1 fully saturated rings. The lowest BCUT2D eigenvalue weighted by Crippen LogP contribution is -2.55. The maximum absolute atomic E-state index is 14.0. The molecule has 3 aromatic carbocycles. The monoisotopic (exact) mass is 668 g/mol. The van der Waals surface area contributed by atoms with Crippen LogP contribution >= 0.6 is 0 Å².